The number of para-hydroxylation sites is 2. The van der Waals surface area contributed by atoms with Crippen LogP contribution >= 0.6 is 11.6 Å². The summed E-state index contributed by atoms with van der Waals surface area (Å²) in [5, 5.41) is 6.29. The van der Waals surface area contributed by atoms with Crippen LogP contribution in [0.4, 0.5) is 5.82 Å². The van der Waals surface area contributed by atoms with Gasteiger partial charge in [0.1, 0.15) is 11.0 Å². The van der Waals surface area contributed by atoms with E-state index in [0.717, 1.165) is 29.9 Å². The Morgan fingerprint density at radius 1 is 0.686 bits per heavy atom. The highest BCUT2D eigenvalue weighted by atomic mass is 35.5. The molecular formula is C30H37ClN4. The maximum atomic E-state index is 5.81. The van der Waals surface area contributed by atoms with E-state index in [1.54, 1.807) is 0 Å². The van der Waals surface area contributed by atoms with Gasteiger partial charge in [-0.1, -0.05) is 54.4 Å². The third kappa shape index (κ3) is 7.16. The molecule has 2 aliphatic rings. The Morgan fingerprint density at radius 3 is 1.80 bits per heavy atom. The van der Waals surface area contributed by atoms with E-state index in [0.29, 0.717) is 5.15 Å². The number of nitrogens with one attached hydrogen (secondary N) is 1. The molecule has 2 fully saturated rings. The Kier molecular flexibility index (Phi) is 9.33. The number of benzene rings is 2. The molecule has 0 aliphatic carbocycles. The SMILES string of the molecule is C1CCNCC1.Cc1cc(Cl)nc2ccccc12.Cc1cc(N2CCCCC2)nc2ccccc12. The van der Waals surface area contributed by atoms with Crippen molar-refractivity contribution in [3.8, 4) is 0 Å². The topological polar surface area (TPSA) is 41.1 Å². The lowest BCUT2D eigenvalue weighted by Crippen LogP contribution is -2.30. The second-order valence-corrected chi connectivity index (χ2v) is 9.84. The molecule has 2 aromatic carbocycles. The van der Waals surface area contributed by atoms with Gasteiger partial charge >= 0.3 is 0 Å². The summed E-state index contributed by atoms with van der Waals surface area (Å²) >= 11 is 5.81. The molecule has 35 heavy (non-hydrogen) atoms. The summed E-state index contributed by atoms with van der Waals surface area (Å²) in [4.78, 5) is 11.4. The van der Waals surface area contributed by atoms with E-state index in [4.69, 9.17) is 16.6 Å². The van der Waals surface area contributed by atoms with Gasteiger partial charge in [-0.2, -0.15) is 0 Å². The maximum absolute atomic E-state index is 5.81. The average Bonchev–Trinajstić information content (AvgIpc) is 2.91. The zero-order chi connectivity index (χ0) is 24.5. The van der Waals surface area contributed by atoms with Crippen LogP contribution in [0.3, 0.4) is 0 Å². The van der Waals surface area contributed by atoms with Crippen molar-refractivity contribution >= 4 is 39.2 Å². The molecule has 6 rings (SSSR count). The minimum Gasteiger partial charge on any atom is -0.357 e. The molecule has 0 bridgehead atoms. The summed E-state index contributed by atoms with van der Waals surface area (Å²) in [5.41, 5.74) is 4.58. The number of pyridine rings is 2. The fraction of sp³-hybridized carbons (Fsp3) is 0.400. The summed E-state index contributed by atoms with van der Waals surface area (Å²) in [7, 11) is 0. The highest BCUT2D eigenvalue weighted by molar-refractivity contribution is 6.29. The first-order chi connectivity index (χ1) is 17.1. The number of piperidine rings is 2. The van der Waals surface area contributed by atoms with Gasteiger partial charge in [0.05, 0.1) is 11.0 Å². The lowest BCUT2D eigenvalue weighted by molar-refractivity contribution is 0.520. The molecule has 0 atom stereocenters. The molecule has 2 saturated heterocycles. The van der Waals surface area contributed by atoms with E-state index < -0.39 is 0 Å². The molecule has 2 aromatic heterocycles. The van der Waals surface area contributed by atoms with Crippen molar-refractivity contribution in [2.45, 2.75) is 52.4 Å². The minimum atomic E-state index is 0.561. The van der Waals surface area contributed by atoms with Crippen LogP contribution in [-0.2, 0) is 0 Å². The lowest BCUT2D eigenvalue weighted by atomic mass is 10.1. The second kappa shape index (κ2) is 12.9. The van der Waals surface area contributed by atoms with Gasteiger partial charge in [0.15, 0.2) is 0 Å². The predicted molar refractivity (Wildman–Crippen MR) is 151 cm³/mol. The summed E-state index contributed by atoms with van der Waals surface area (Å²) in [6, 6.07) is 20.5. The third-order valence-corrected chi connectivity index (χ3v) is 6.88. The molecule has 0 unspecified atom stereocenters. The predicted octanol–water partition coefficient (Wildman–Crippen LogP) is 7.49. The highest BCUT2D eigenvalue weighted by Crippen LogP contribution is 2.24. The number of halogens is 1. The van der Waals surface area contributed by atoms with Crippen molar-refractivity contribution < 1.29 is 0 Å². The Bertz CT molecular complexity index is 1220. The van der Waals surface area contributed by atoms with Gasteiger partial charge in [0.25, 0.3) is 0 Å². The number of anilines is 1. The molecule has 0 radical (unpaired) electrons. The molecule has 5 heteroatoms. The number of fused-ring (bicyclic) bond motifs is 2. The van der Waals surface area contributed by atoms with Crippen molar-refractivity contribution in [2.24, 2.45) is 0 Å². The van der Waals surface area contributed by atoms with E-state index in [1.165, 1.54) is 73.5 Å². The lowest BCUT2D eigenvalue weighted by Gasteiger charge is -2.28. The average molecular weight is 489 g/mol. The number of aromatic nitrogens is 2. The monoisotopic (exact) mass is 488 g/mol. The summed E-state index contributed by atoms with van der Waals surface area (Å²) in [6.45, 7) is 9.03. The molecule has 4 nitrogen and oxygen atoms in total. The van der Waals surface area contributed by atoms with Crippen molar-refractivity contribution in [2.75, 3.05) is 31.1 Å². The number of hydrogen-bond acceptors (Lipinski definition) is 4. The zero-order valence-corrected chi connectivity index (χ0v) is 21.8. The van der Waals surface area contributed by atoms with Crippen LogP contribution in [-0.4, -0.2) is 36.1 Å². The molecule has 184 valence electrons. The van der Waals surface area contributed by atoms with Crippen LogP contribution in [0.25, 0.3) is 21.8 Å². The summed E-state index contributed by atoms with van der Waals surface area (Å²) in [6.07, 6.45) is 8.18. The smallest absolute Gasteiger partial charge is 0.130 e. The highest BCUT2D eigenvalue weighted by Gasteiger charge is 2.13. The quantitative estimate of drug-likeness (QED) is 0.282. The first-order valence-electron chi connectivity index (χ1n) is 13.0. The maximum Gasteiger partial charge on any atom is 0.130 e. The van der Waals surface area contributed by atoms with Gasteiger partial charge in [-0.3, -0.25) is 0 Å². The van der Waals surface area contributed by atoms with Gasteiger partial charge in [-0.15, -0.1) is 0 Å². The first kappa shape index (κ1) is 25.4. The van der Waals surface area contributed by atoms with Crippen LogP contribution in [0, 0.1) is 13.8 Å². The van der Waals surface area contributed by atoms with Gasteiger partial charge in [-0.05, 0) is 94.4 Å². The first-order valence-corrected chi connectivity index (χ1v) is 13.3. The second-order valence-electron chi connectivity index (χ2n) is 9.45. The van der Waals surface area contributed by atoms with Crippen molar-refractivity contribution in [3.63, 3.8) is 0 Å². The normalized spacial score (nSPS) is 15.7. The standard InChI is InChI=1S/C15H18N2.C10H8ClN.C5H11N/c1-12-11-15(17-9-5-2-6-10-17)16-14-8-4-3-7-13(12)14;1-7-6-10(11)12-9-5-3-2-4-8(7)9;1-2-4-6-5-3-1/h3-4,7-8,11H,2,5-6,9-10H2,1H3;2-6H,1H3;6H,1-5H2. The van der Waals surface area contributed by atoms with Gasteiger partial charge in [0, 0.05) is 23.9 Å². The van der Waals surface area contributed by atoms with E-state index in [2.05, 4.69) is 52.5 Å². The van der Waals surface area contributed by atoms with Crippen LogP contribution in [0.1, 0.15) is 49.7 Å². The molecular weight excluding hydrogens is 452 g/mol. The van der Waals surface area contributed by atoms with Gasteiger partial charge < -0.3 is 10.2 Å². The molecule has 0 spiro atoms. The van der Waals surface area contributed by atoms with E-state index in [9.17, 15) is 0 Å². The molecule has 4 aromatic rings. The fourth-order valence-corrected chi connectivity index (χ4v) is 4.98. The third-order valence-electron chi connectivity index (χ3n) is 6.69. The largest absolute Gasteiger partial charge is 0.357 e. The van der Waals surface area contributed by atoms with Gasteiger partial charge in [0.2, 0.25) is 0 Å². The van der Waals surface area contributed by atoms with E-state index in [-0.39, 0.29) is 0 Å². The Labute approximate surface area is 214 Å². The Hall–Kier alpha value is -2.69. The van der Waals surface area contributed by atoms with Crippen molar-refractivity contribution in [1.29, 1.82) is 0 Å². The fourth-order valence-electron chi connectivity index (χ4n) is 4.73. The van der Waals surface area contributed by atoms with Crippen molar-refractivity contribution in [3.05, 3.63) is 76.9 Å². The molecule has 1 N–H and O–H groups in total. The molecule has 0 saturated carbocycles. The number of rotatable bonds is 1. The minimum absolute atomic E-state index is 0.561. The van der Waals surface area contributed by atoms with Crippen LogP contribution in [0.15, 0.2) is 60.7 Å². The number of hydrogen-bond donors (Lipinski definition) is 1. The van der Waals surface area contributed by atoms with Crippen LogP contribution < -0.4 is 10.2 Å². The van der Waals surface area contributed by atoms with E-state index in [1.807, 2.05) is 37.3 Å². The molecule has 4 heterocycles. The van der Waals surface area contributed by atoms with E-state index >= 15 is 0 Å². The molecule has 0 amide bonds. The van der Waals surface area contributed by atoms with Crippen LogP contribution in [0.2, 0.25) is 5.15 Å². The Balaban J connectivity index is 0.000000139. The Morgan fingerprint density at radius 2 is 1.23 bits per heavy atom. The van der Waals surface area contributed by atoms with Crippen LogP contribution in [0.5, 0.6) is 0 Å². The summed E-state index contributed by atoms with van der Waals surface area (Å²) in [5.74, 6) is 1.15. The van der Waals surface area contributed by atoms with Gasteiger partial charge in [-0.25, -0.2) is 9.97 Å². The zero-order valence-electron chi connectivity index (χ0n) is 21.1. The van der Waals surface area contributed by atoms with Crippen molar-refractivity contribution in [1.82, 2.24) is 15.3 Å². The molecule has 2 aliphatic heterocycles. The number of nitrogens with zero attached hydrogens (tertiary/aromatic N) is 3. The number of aryl methyl sites for hydroxylation is 2. The summed E-state index contributed by atoms with van der Waals surface area (Å²) < 4.78 is 0.